The van der Waals surface area contributed by atoms with Crippen molar-refractivity contribution in [3.05, 3.63) is 0 Å². The van der Waals surface area contributed by atoms with Gasteiger partial charge in [0.2, 0.25) is 0 Å². The molecule has 0 bridgehead atoms. The molecule has 0 amide bonds. The largest absolute Gasteiger partial charge is 0.396 e. The van der Waals surface area contributed by atoms with Crippen molar-refractivity contribution in [2.75, 3.05) is 13.2 Å². The third-order valence-electron chi connectivity index (χ3n) is 2.29. The predicted octanol–water partition coefficient (Wildman–Crippen LogP) is 1.84. The van der Waals surface area contributed by atoms with E-state index in [1.54, 1.807) is 0 Å². The van der Waals surface area contributed by atoms with E-state index in [9.17, 15) is 0 Å². The van der Waals surface area contributed by atoms with Crippen molar-refractivity contribution in [1.82, 2.24) is 0 Å². The Kier molecular flexibility index (Phi) is 23.4. The standard InChI is InChI=1S/C10H24N2O.2ClH/c11-9-10(12)7-5-3-1-2-4-6-8-13;;/h10,13H,1-9,11-12H2;2*1H. The zero-order chi connectivity index (χ0) is 9.94. The third-order valence-corrected chi connectivity index (χ3v) is 2.29. The molecule has 0 heterocycles. The van der Waals surface area contributed by atoms with Gasteiger partial charge in [-0.25, -0.2) is 0 Å². The van der Waals surface area contributed by atoms with Crippen LogP contribution in [0.5, 0.6) is 0 Å². The molecule has 96 valence electrons. The van der Waals surface area contributed by atoms with Crippen LogP contribution in [-0.2, 0) is 0 Å². The van der Waals surface area contributed by atoms with E-state index in [2.05, 4.69) is 0 Å². The summed E-state index contributed by atoms with van der Waals surface area (Å²) in [4.78, 5) is 0. The second-order valence-corrected chi connectivity index (χ2v) is 3.63. The second kappa shape index (κ2) is 16.9. The molecule has 1 unspecified atom stereocenters. The van der Waals surface area contributed by atoms with Crippen molar-refractivity contribution in [3.63, 3.8) is 0 Å². The topological polar surface area (TPSA) is 72.3 Å². The average Bonchev–Trinajstić information content (AvgIpc) is 2.16. The van der Waals surface area contributed by atoms with E-state index in [1.165, 1.54) is 25.7 Å². The summed E-state index contributed by atoms with van der Waals surface area (Å²) in [7, 11) is 0. The molecule has 0 fully saturated rings. The molecule has 0 aliphatic carbocycles. The molecule has 0 aliphatic heterocycles. The van der Waals surface area contributed by atoms with Gasteiger partial charge >= 0.3 is 0 Å². The van der Waals surface area contributed by atoms with E-state index >= 15 is 0 Å². The van der Waals surface area contributed by atoms with E-state index in [-0.39, 0.29) is 30.9 Å². The molecule has 0 aromatic rings. The van der Waals surface area contributed by atoms with Crippen LogP contribution in [-0.4, -0.2) is 24.3 Å². The Labute approximate surface area is 106 Å². The number of aliphatic hydroxyl groups excluding tert-OH is 1. The highest BCUT2D eigenvalue weighted by Crippen LogP contribution is 2.07. The van der Waals surface area contributed by atoms with Crippen LogP contribution >= 0.6 is 24.8 Å². The number of hydrogen-bond acceptors (Lipinski definition) is 3. The maximum Gasteiger partial charge on any atom is 0.0431 e. The van der Waals surface area contributed by atoms with E-state index < -0.39 is 0 Å². The van der Waals surface area contributed by atoms with Crippen molar-refractivity contribution in [3.8, 4) is 0 Å². The molecule has 0 saturated heterocycles. The third kappa shape index (κ3) is 17.1. The fourth-order valence-corrected chi connectivity index (χ4v) is 1.34. The van der Waals surface area contributed by atoms with Crippen molar-refractivity contribution in [2.45, 2.75) is 51.0 Å². The molecule has 0 aliphatic rings. The number of aliphatic hydroxyl groups is 1. The molecular formula is C10H26Cl2N2O. The normalized spacial score (nSPS) is 11.4. The molecule has 15 heavy (non-hydrogen) atoms. The Morgan fingerprint density at radius 2 is 1.33 bits per heavy atom. The molecule has 3 nitrogen and oxygen atoms in total. The van der Waals surface area contributed by atoms with Gasteiger partial charge in [-0.3, -0.25) is 0 Å². The summed E-state index contributed by atoms with van der Waals surface area (Å²) < 4.78 is 0. The van der Waals surface area contributed by atoms with Gasteiger partial charge in [-0.1, -0.05) is 32.1 Å². The smallest absolute Gasteiger partial charge is 0.0431 e. The first-order valence-electron chi connectivity index (χ1n) is 5.37. The monoisotopic (exact) mass is 260 g/mol. The van der Waals surface area contributed by atoms with Crippen molar-refractivity contribution in [2.24, 2.45) is 11.5 Å². The van der Waals surface area contributed by atoms with E-state index in [1.807, 2.05) is 0 Å². The van der Waals surface area contributed by atoms with Crippen LogP contribution in [0.15, 0.2) is 0 Å². The van der Waals surface area contributed by atoms with Crippen LogP contribution in [0.2, 0.25) is 0 Å². The van der Waals surface area contributed by atoms with Gasteiger partial charge < -0.3 is 16.6 Å². The highest BCUT2D eigenvalue weighted by atomic mass is 35.5. The van der Waals surface area contributed by atoms with Crippen molar-refractivity contribution < 1.29 is 5.11 Å². The summed E-state index contributed by atoms with van der Waals surface area (Å²) in [6, 6.07) is 0.192. The van der Waals surface area contributed by atoms with Crippen molar-refractivity contribution >= 4 is 24.8 Å². The SMILES string of the molecule is Cl.Cl.NCC(N)CCCCCCCCO. The molecule has 0 radical (unpaired) electrons. The van der Waals surface area contributed by atoms with Crippen LogP contribution in [0, 0.1) is 0 Å². The molecule has 0 rings (SSSR count). The summed E-state index contributed by atoms with van der Waals surface area (Å²) in [5.74, 6) is 0. The molecule has 0 saturated carbocycles. The minimum Gasteiger partial charge on any atom is -0.396 e. The Balaban J connectivity index is -0.000000720. The summed E-state index contributed by atoms with van der Waals surface area (Å²) in [5, 5.41) is 8.54. The quantitative estimate of drug-likeness (QED) is 0.554. The lowest BCUT2D eigenvalue weighted by Crippen LogP contribution is -2.29. The van der Waals surface area contributed by atoms with Crippen LogP contribution in [0.3, 0.4) is 0 Å². The second-order valence-electron chi connectivity index (χ2n) is 3.63. The van der Waals surface area contributed by atoms with E-state index in [4.69, 9.17) is 16.6 Å². The van der Waals surface area contributed by atoms with E-state index in [0.717, 1.165) is 19.3 Å². The maximum absolute atomic E-state index is 8.54. The minimum atomic E-state index is 0. The molecule has 5 heteroatoms. The van der Waals surface area contributed by atoms with E-state index in [0.29, 0.717) is 13.2 Å². The molecule has 5 N–H and O–H groups in total. The first-order valence-corrected chi connectivity index (χ1v) is 5.37. The summed E-state index contributed by atoms with van der Waals surface area (Å²) in [6.45, 7) is 0.933. The lowest BCUT2D eigenvalue weighted by atomic mass is 10.1. The first kappa shape index (κ1) is 20.8. The molecule has 0 aromatic heterocycles. The fraction of sp³-hybridized carbons (Fsp3) is 1.00. The Morgan fingerprint density at radius 1 is 0.867 bits per heavy atom. The van der Waals surface area contributed by atoms with Crippen LogP contribution in [0.4, 0.5) is 0 Å². The van der Waals surface area contributed by atoms with Crippen molar-refractivity contribution in [1.29, 1.82) is 0 Å². The Bertz CT molecular complexity index is 107. The van der Waals surface area contributed by atoms with Crippen LogP contribution in [0.25, 0.3) is 0 Å². The van der Waals surface area contributed by atoms with Gasteiger partial charge in [0.15, 0.2) is 0 Å². The number of unbranched alkanes of at least 4 members (excludes halogenated alkanes) is 5. The van der Waals surface area contributed by atoms with Crippen LogP contribution < -0.4 is 11.5 Å². The molecule has 1 atom stereocenters. The zero-order valence-corrected chi connectivity index (χ0v) is 11.0. The maximum atomic E-state index is 8.54. The average molecular weight is 261 g/mol. The first-order chi connectivity index (χ1) is 6.31. The van der Waals surface area contributed by atoms with Gasteiger partial charge in [0, 0.05) is 19.2 Å². The van der Waals surface area contributed by atoms with Gasteiger partial charge in [0.1, 0.15) is 0 Å². The summed E-state index contributed by atoms with van der Waals surface area (Å²) in [5.41, 5.74) is 11.1. The lowest BCUT2D eigenvalue weighted by Gasteiger charge is -2.07. The van der Waals surface area contributed by atoms with Gasteiger partial charge in [-0.15, -0.1) is 24.8 Å². The Morgan fingerprint density at radius 3 is 1.80 bits per heavy atom. The fourth-order valence-electron chi connectivity index (χ4n) is 1.34. The summed E-state index contributed by atoms with van der Waals surface area (Å²) in [6.07, 6.45) is 8.09. The predicted molar refractivity (Wildman–Crippen MR) is 70.9 cm³/mol. The minimum absolute atomic E-state index is 0. The van der Waals surface area contributed by atoms with Gasteiger partial charge in [-0.05, 0) is 12.8 Å². The number of hydrogen-bond donors (Lipinski definition) is 3. The molecule has 0 aromatic carbocycles. The molecule has 0 spiro atoms. The highest BCUT2D eigenvalue weighted by Gasteiger charge is 1.98. The number of rotatable bonds is 9. The number of halogens is 2. The zero-order valence-electron chi connectivity index (χ0n) is 9.36. The molecular weight excluding hydrogens is 235 g/mol. The van der Waals surface area contributed by atoms with Gasteiger partial charge in [-0.2, -0.15) is 0 Å². The van der Waals surface area contributed by atoms with Gasteiger partial charge in [0.05, 0.1) is 0 Å². The van der Waals surface area contributed by atoms with Gasteiger partial charge in [0.25, 0.3) is 0 Å². The lowest BCUT2D eigenvalue weighted by molar-refractivity contribution is 0.282. The van der Waals surface area contributed by atoms with Crippen LogP contribution in [0.1, 0.15) is 44.9 Å². The summed E-state index contributed by atoms with van der Waals surface area (Å²) >= 11 is 0. The highest BCUT2D eigenvalue weighted by molar-refractivity contribution is 5.85. The Hall–Kier alpha value is 0.460. The number of nitrogens with two attached hydrogens (primary N) is 2.